The molecule has 1 aromatic carbocycles. The first-order chi connectivity index (χ1) is 7.99. The molecule has 1 aromatic rings. The summed E-state index contributed by atoms with van der Waals surface area (Å²) in [5.74, 6) is -0.241. The summed E-state index contributed by atoms with van der Waals surface area (Å²) in [6.07, 6.45) is -0.0718. The molecule has 0 aliphatic rings. The number of ether oxygens (including phenoxy) is 1. The van der Waals surface area contributed by atoms with E-state index in [0.717, 1.165) is 11.4 Å². The van der Waals surface area contributed by atoms with E-state index in [1.807, 2.05) is 57.1 Å². The molecule has 17 heavy (non-hydrogen) atoms. The molecule has 0 radical (unpaired) electrons. The number of nitrogens with zero attached hydrogens (tertiary/aromatic N) is 1. The summed E-state index contributed by atoms with van der Waals surface area (Å²) < 4.78 is 5.04. The molecule has 1 N–H and O–H groups in total. The third-order valence-electron chi connectivity index (χ3n) is 2.17. The number of nitrogens with one attached hydrogen (secondary N) is 1. The number of hydrogen-bond acceptors (Lipinski definition) is 4. The Morgan fingerprint density at radius 3 is 2.71 bits per heavy atom. The van der Waals surface area contributed by atoms with Crippen molar-refractivity contribution in [2.75, 3.05) is 30.9 Å². The highest BCUT2D eigenvalue weighted by Gasteiger charge is 2.05. The van der Waals surface area contributed by atoms with E-state index in [0.29, 0.717) is 0 Å². The van der Waals surface area contributed by atoms with Gasteiger partial charge in [0.05, 0.1) is 6.10 Å². The van der Waals surface area contributed by atoms with E-state index in [1.165, 1.54) is 0 Å². The molecule has 0 bridgehead atoms. The molecular formula is C13H20N2O2. The first-order valence-corrected chi connectivity index (χ1v) is 5.70. The van der Waals surface area contributed by atoms with Crippen molar-refractivity contribution < 1.29 is 9.53 Å². The van der Waals surface area contributed by atoms with Crippen LogP contribution in [0.15, 0.2) is 24.3 Å². The van der Waals surface area contributed by atoms with Crippen LogP contribution >= 0.6 is 0 Å². The Kier molecular flexibility index (Phi) is 4.82. The summed E-state index contributed by atoms with van der Waals surface area (Å²) >= 11 is 0. The van der Waals surface area contributed by atoms with Crippen LogP contribution in [0.25, 0.3) is 0 Å². The maximum absolute atomic E-state index is 11.4. The van der Waals surface area contributed by atoms with Gasteiger partial charge in [0.25, 0.3) is 0 Å². The Hall–Kier alpha value is -1.71. The molecule has 0 saturated carbocycles. The van der Waals surface area contributed by atoms with E-state index in [-0.39, 0.29) is 18.6 Å². The molecule has 0 fully saturated rings. The minimum absolute atomic E-state index is 0.0718. The molecule has 4 nitrogen and oxygen atoms in total. The van der Waals surface area contributed by atoms with Crippen molar-refractivity contribution in [2.24, 2.45) is 0 Å². The number of carbonyl (C=O) groups is 1. The first kappa shape index (κ1) is 13.4. The number of carbonyl (C=O) groups excluding carboxylic acids is 1. The normalized spacial score (nSPS) is 10.2. The lowest BCUT2D eigenvalue weighted by atomic mass is 10.2. The summed E-state index contributed by atoms with van der Waals surface area (Å²) in [4.78, 5) is 13.4. The first-order valence-electron chi connectivity index (χ1n) is 5.70. The van der Waals surface area contributed by atoms with Gasteiger partial charge in [-0.3, -0.25) is 4.79 Å². The van der Waals surface area contributed by atoms with Gasteiger partial charge in [-0.2, -0.15) is 0 Å². The van der Waals surface area contributed by atoms with Crippen LogP contribution in [-0.4, -0.2) is 32.7 Å². The molecule has 0 atom stereocenters. The molecule has 0 unspecified atom stereocenters. The molecule has 0 aliphatic heterocycles. The maximum atomic E-state index is 11.4. The Morgan fingerprint density at radius 1 is 1.41 bits per heavy atom. The van der Waals surface area contributed by atoms with E-state index in [2.05, 4.69) is 5.32 Å². The van der Waals surface area contributed by atoms with Crippen molar-refractivity contribution in [2.45, 2.75) is 20.0 Å². The fraction of sp³-hybridized carbons (Fsp3) is 0.462. The van der Waals surface area contributed by atoms with Gasteiger partial charge in [0.15, 0.2) is 0 Å². The molecule has 0 heterocycles. The van der Waals surface area contributed by atoms with Crippen LogP contribution in [0.3, 0.4) is 0 Å². The number of esters is 1. The van der Waals surface area contributed by atoms with Gasteiger partial charge in [-0.15, -0.1) is 0 Å². The Balaban J connectivity index is 2.52. The van der Waals surface area contributed by atoms with E-state index < -0.39 is 0 Å². The lowest BCUT2D eigenvalue weighted by Crippen LogP contribution is -2.20. The van der Waals surface area contributed by atoms with Gasteiger partial charge < -0.3 is 15.0 Å². The Morgan fingerprint density at radius 2 is 2.12 bits per heavy atom. The van der Waals surface area contributed by atoms with Crippen molar-refractivity contribution in [3.63, 3.8) is 0 Å². The van der Waals surface area contributed by atoms with Crippen LogP contribution in [0.2, 0.25) is 0 Å². The minimum atomic E-state index is -0.241. The average Bonchev–Trinajstić information content (AvgIpc) is 2.26. The van der Waals surface area contributed by atoms with Gasteiger partial charge in [0, 0.05) is 25.5 Å². The quantitative estimate of drug-likeness (QED) is 0.795. The van der Waals surface area contributed by atoms with Crippen molar-refractivity contribution in [1.29, 1.82) is 0 Å². The molecule has 0 saturated heterocycles. The standard InChI is InChI=1S/C13H20N2O2/c1-10(2)17-13(16)9-14-11-6-5-7-12(8-11)15(3)4/h5-8,10,14H,9H2,1-4H3. The smallest absolute Gasteiger partial charge is 0.325 e. The van der Waals surface area contributed by atoms with E-state index in [9.17, 15) is 4.79 Å². The van der Waals surface area contributed by atoms with Gasteiger partial charge in [-0.05, 0) is 32.0 Å². The van der Waals surface area contributed by atoms with Crippen LogP contribution in [-0.2, 0) is 9.53 Å². The molecular weight excluding hydrogens is 216 g/mol. The number of rotatable bonds is 5. The highest BCUT2D eigenvalue weighted by atomic mass is 16.5. The predicted octanol–water partition coefficient (Wildman–Crippen LogP) is 2.12. The summed E-state index contributed by atoms with van der Waals surface area (Å²) in [5, 5.41) is 3.04. The van der Waals surface area contributed by atoms with Crippen molar-refractivity contribution in [1.82, 2.24) is 0 Å². The van der Waals surface area contributed by atoms with Gasteiger partial charge in [-0.25, -0.2) is 0 Å². The topological polar surface area (TPSA) is 41.6 Å². The molecule has 94 valence electrons. The summed E-state index contributed by atoms with van der Waals surface area (Å²) in [6.45, 7) is 3.87. The van der Waals surface area contributed by atoms with Crippen LogP contribution in [0, 0.1) is 0 Å². The number of anilines is 2. The second-order valence-corrected chi connectivity index (χ2v) is 4.34. The predicted molar refractivity (Wildman–Crippen MR) is 70.5 cm³/mol. The lowest BCUT2D eigenvalue weighted by molar-refractivity contribution is -0.145. The van der Waals surface area contributed by atoms with Crippen LogP contribution in [0.4, 0.5) is 11.4 Å². The summed E-state index contributed by atoms with van der Waals surface area (Å²) in [6, 6.07) is 7.88. The van der Waals surface area contributed by atoms with E-state index in [1.54, 1.807) is 0 Å². The van der Waals surface area contributed by atoms with Gasteiger partial charge in [0.1, 0.15) is 6.54 Å². The van der Waals surface area contributed by atoms with Crippen LogP contribution in [0.5, 0.6) is 0 Å². The Labute approximate surface area is 103 Å². The molecule has 0 spiro atoms. The number of hydrogen-bond donors (Lipinski definition) is 1. The fourth-order valence-corrected chi connectivity index (χ4v) is 1.37. The van der Waals surface area contributed by atoms with Crippen LogP contribution in [0.1, 0.15) is 13.8 Å². The zero-order valence-electron chi connectivity index (χ0n) is 10.9. The Bertz CT molecular complexity index is 375. The molecule has 0 aromatic heterocycles. The largest absolute Gasteiger partial charge is 0.462 e. The van der Waals surface area contributed by atoms with E-state index >= 15 is 0 Å². The highest BCUT2D eigenvalue weighted by Crippen LogP contribution is 2.16. The highest BCUT2D eigenvalue weighted by molar-refractivity contribution is 5.75. The van der Waals surface area contributed by atoms with Crippen LogP contribution < -0.4 is 10.2 Å². The SMILES string of the molecule is CC(C)OC(=O)CNc1cccc(N(C)C)c1. The fourth-order valence-electron chi connectivity index (χ4n) is 1.37. The molecule has 0 aliphatic carbocycles. The average molecular weight is 236 g/mol. The van der Waals surface area contributed by atoms with Gasteiger partial charge >= 0.3 is 5.97 Å². The van der Waals surface area contributed by atoms with Crippen molar-refractivity contribution in [3.05, 3.63) is 24.3 Å². The molecule has 0 amide bonds. The third-order valence-corrected chi connectivity index (χ3v) is 2.17. The van der Waals surface area contributed by atoms with Gasteiger partial charge in [0.2, 0.25) is 0 Å². The monoisotopic (exact) mass is 236 g/mol. The second kappa shape index (κ2) is 6.13. The molecule has 4 heteroatoms. The zero-order chi connectivity index (χ0) is 12.8. The molecule has 1 rings (SSSR count). The second-order valence-electron chi connectivity index (χ2n) is 4.34. The van der Waals surface area contributed by atoms with Crippen molar-refractivity contribution in [3.8, 4) is 0 Å². The number of benzene rings is 1. The maximum Gasteiger partial charge on any atom is 0.325 e. The van der Waals surface area contributed by atoms with E-state index in [4.69, 9.17) is 4.74 Å². The summed E-state index contributed by atoms with van der Waals surface area (Å²) in [7, 11) is 3.96. The van der Waals surface area contributed by atoms with Crippen molar-refractivity contribution >= 4 is 17.3 Å². The minimum Gasteiger partial charge on any atom is -0.462 e. The summed E-state index contributed by atoms with van der Waals surface area (Å²) in [5.41, 5.74) is 2.00. The zero-order valence-corrected chi connectivity index (χ0v) is 10.9. The lowest BCUT2D eigenvalue weighted by Gasteiger charge is -2.14. The van der Waals surface area contributed by atoms with Gasteiger partial charge in [-0.1, -0.05) is 6.07 Å². The third kappa shape index (κ3) is 4.76.